The fourth-order valence-corrected chi connectivity index (χ4v) is 4.74. The molecule has 7 heteroatoms. The summed E-state index contributed by atoms with van der Waals surface area (Å²) < 4.78 is 14.4. The van der Waals surface area contributed by atoms with Crippen molar-refractivity contribution in [1.29, 1.82) is 0 Å². The van der Waals surface area contributed by atoms with E-state index in [1.807, 2.05) is 6.92 Å². The molecule has 1 atom stereocenters. The lowest BCUT2D eigenvalue weighted by Crippen LogP contribution is -2.29. The number of hydrogen-bond donors (Lipinski definition) is 1. The number of hydrogen-bond acceptors (Lipinski definition) is 6. The van der Waals surface area contributed by atoms with Gasteiger partial charge in [-0.1, -0.05) is 17.8 Å². The first-order valence-electron chi connectivity index (χ1n) is 8.19. The molecule has 0 unspecified atom stereocenters. The van der Waals surface area contributed by atoms with Crippen LogP contribution in [0.2, 0.25) is 0 Å². The standard InChI is InChI=1S/C19H19FN2O2S2/c1-11(23)16-5-6-17(26-16)15(24)10-12-3-4-14(20)13(9-12)19(2)7-8-25-18(21)22-19/h3-6,9H,7-8,10H2,1-2H3,(H2,21,22)/t19-/m0/s1. The second-order valence-electron chi connectivity index (χ2n) is 6.46. The Morgan fingerprint density at radius 2 is 2.00 bits per heavy atom. The van der Waals surface area contributed by atoms with E-state index in [1.165, 1.54) is 36.1 Å². The summed E-state index contributed by atoms with van der Waals surface area (Å²) in [4.78, 5) is 29.4. The Kier molecular flexibility index (Phi) is 5.29. The Hall–Kier alpha value is -1.99. The van der Waals surface area contributed by atoms with Crippen molar-refractivity contribution >= 4 is 39.8 Å². The van der Waals surface area contributed by atoms with Crippen LogP contribution in [0.15, 0.2) is 35.3 Å². The molecule has 3 rings (SSSR count). The van der Waals surface area contributed by atoms with E-state index in [-0.39, 0.29) is 23.8 Å². The Balaban J connectivity index is 1.86. The van der Waals surface area contributed by atoms with E-state index >= 15 is 0 Å². The van der Waals surface area contributed by atoms with Crippen molar-refractivity contribution in [3.63, 3.8) is 0 Å². The molecule has 0 spiro atoms. The van der Waals surface area contributed by atoms with Crippen molar-refractivity contribution < 1.29 is 14.0 Å². The molecule has 26 heavy (non-hydrogen) atoms. The second kappa shape index (κ2) is 7.32. The normalized spacial score (nSPS) is 19.9. The van der Waals surface area contributed by atoms with Gasteiger partial charge in [-0.15, -0.1) is 11.3 Å². The van der Waals surface area contributed by atoms with Crippen LogP contribution >= 0.6 is 23.1 Å². The van der Waals surface area contributed by atoms with Crippen molar-refractivity contribution in [3.05, 3.63) is 57.0 Å². The van der Waals surface area contributed by atoms with Crippen LogP contribution in [0.4, 0.5) is 4.39 Å². The van der Waals surface area contributed by atoms with Crippen molar-refractivity contribution in [2.24, 2.45) is 10.7 Å². The lowest BCUT2D eigenvalue weighted by atomic mass is 9.87. The molecule has 0 bridgehead atoms. The number of Topliss-reactive ketones (excluding diaryl/α,β-unsaturated/α-hetero) is 2. The highest BCUT2D eigenvalue weighted by molar-refractivity contribution is 8.13. The minimum Gasteiger partial charge on any atom is -0.379 e. The summed E-state index contributed by atoms with van der Waals surface area (Å²) in [7, 11) is 0. The van der Waals surface area contributed by atoms with Crippen molar-refractivity contribution in [1.82, 2.24) is 0 Å². The Morgan fingerprint density at radius 3 is 2.65 bits per heavy atom. The van der Waals surface area contributed by atoms with Gasteiger partial charge < -0.3 is 5.73 Å². The van der Waals surface area contributed by atoms with Crippen molar-refractivity contribution in [2.45, 2.75) is 32.2 Å². The topological polar surface area (TPSA) is 72.5 Å². The van der Waals surface area contributed by atoms with Gasteiger partial charge in [0.15, 0.2) is 16.7 Å². The summed E-state index contributed by atoms with van der Waals surface area (Å²) in [6.07, 6.45) is 0.828. The molecule has 136 valence electrons. The van der Waals surface area contributed by atoms with Crippen LogP contribution in [0.1, 0.15) is 50.7 Å². The Bertz CT molecular complexity index is 907. The first-order valence-corrected chi connectivity index (χ1v) is 10.00. The summed E-state index contributed by atoms with van der Waals surface area (Å²) in [5, 5.41) is 0.454. The number of amidine groups is 1. The number of ketones is 2. The number of halogens is 1. The molecule has 1 aromatic carbocycles. The zero-order valence-electron chi connectivity index (χ0n) is 14.5. The molecule has 1 aliphatic heterocycles. The SMILES string of the molecule is CC(=O)c1ccc(C(=O)Cc2ccc(F)c([C@]3(C)CCSC(N)=N3)c2)s1. The van der Waals surface area contributed by atoms with Crippen LogP contribution in [-0.2, 0) is 12.0 Å². The average molecular weight is 391 g/mol. The third-order valence-electron chi connectivity index (χ3n) is 4.40. The second-order valence-corrected chi connectivity index (χ2v) is 8.66. The number of thiophene rings is 1. The molecule has 0 amide bonds. The molecular weight excluding hydrogens is 371 g/mol. The van der Waals surface area contributed by atoms with Gasteiger partial charge in [0.2, 0.25) is 0 Å². The molecule has 0 aliphatic carbocycles. The molecule has 0 saturated heterocycles. The van der Waals surface area contributed by atoms with Crippen molar-refractivity contribution in [2.75, 3.05) is 5.75 Å². The molecular formula is C19H19FN2O2S2. The molecule has 0 fully saturated rings. The Morgan fingerprint density at radius 1 is 1.27 bits per heavy atom. The summed E-state index contributed by atoms with van der Waals surface area (Å²) >= 11 is 2.65. The lowest BCUT2D eigenvalue weighted by Gasteiger charge is -2.30. The number of benzene rings is 1. The lowest BCUT2D eigenvalue weighted by molar-refractivity contribution is 0.0994. The van der Waals surface area contributed by atoms with E-state index in [0.29, 0.717) is 26.9 Å². The maximum atomic E-state index is 14.4. The minimum atomic E-state index is -0.719. The van der Waals surface area contributed by atoms with Gasteiger partial charge in [0, 0.05) is 17.7 Å². The van der Waals surface area contributed by atoms with Crippen LogP contribution in [0, 0.1) is 5.82 Å². The van der Waals surface area contributed by atoms with Crippen LogP contribution in [-0.4, -0.2) is 22.5 Å². The van der Waals surface area contributed by atoms with Gasteiger partial charge in [0.1, 0.15) is 5.82 Å². The van der Waals surface area contributed by atoms with E-state index < -0.39 is 5.54 Å². The zero-order chi connectivity index (χ0) is 18.9. The van der Waals surface area contributed by atoms with E-state index in [1.54, 1.807) is 24.3 Å². The molecule has 1 aromatic heterocycles. The highest BCUT2D eigenvalue weighted by Gasteiger charge is 2.32. The number of carbonyl (C=O) groups excluding carboxylic acids is 2. The van der Waals surface area contributed by atoms with Crippen LogP contribution in [0.3, 0.4) is 0 Å². The highest BCUT2D eigenvalue weighted by atomic mass is 32.2. The minimum absolute atomic E-state index is 0.0586. The van der Waals surface area contributed by atoms with Gasteiger partial charge in [0.25, 0.3) is 0 Å². The molecule has 2 aromatic rings. The maximum Gasteiger partial charge on any atom is 0.177 e. The van der Waals surface area contributed by atoms with Crippen molar-refractivity contribution in [3.8, 4) is 0 Å². The quantitative estimate of drug-likeness (QED) is 0.777. The fraction of sp³-hybridized carbons (Fsp3) is 0.316. The number of thioether (sulfide) groups is 1. The van der Waals surface area contributed by atoms with Gasteiger partial charge in [-0.25, -0.2) is 4.39 Å². The largest absolute Gasteiger partial charge is 0.379 e. The summed E-state index contributed by atoms with van der Waals surface area (Å²) in [5.74, 6) is 0.281. The molecule has 2 heterocycles. The van der Waals surface area contributed by atoms with Crippen LogP contribution in [0.5, 0.6) is 0 Å². The third-order valence-corrected chi connectivity index (χ3v) is 6.42. The summed E-state index contributed by atoms with van der Waals surface area (Å²) in [6.45, 7) is 3.34. The van der Waals surface area contributed by atoms with Gasteiger partial charge in [-0.2, -0.15) is 0 Å². The van der Waals surface area contributed by atoms with E-state index in [4.69, 9.17) is 5.73 Å². The molecule has 0 saturated carbocycles. The summed E-state index contributed by atoms with van der Waals surface area (Å²) in [6, 6.07) is 8.03. The summed E-state index contributed by atoms with van der Waals surface area (Å²) in [5.41, 5.74) is 6.29. The first-order chi connectivity index (χ1) is 12.3. The number of aliphatic imine (C=N–C) groups is 1. The highest BCUT2D eigenvalue weighted by Crippen LogP contribution is 2.37. The van der Waals surface area contributed by atoms with E-state index in [9.17, 15) is 14.0 Å². The molecule has 4 nitrogen and oxygen atoms in total. The molecule has 1 aliphatic rings. The van der Waals surface area contributed by atoms with E-state index in [2.05, 4.69) is 4.99 Å². The van der Waals surface area contributed by atoms with Gasteiger partial charge >= 0.3 is 0 Å². The van der Waals surface area contributed by atoms with Crippen LogP contribution < -0.4 is 5.73 Å². The number of nitrogens with zero attached hydrogens (tertiary/aromatic N) is 1. The van der Waals surface area contributed by atoms with E-state index in [0.717, 1.165) is 11.3 Å². The van der Waals surface area contributed by atoms with Gasteiger partial charge in [-0.05, 0) is 50.1 Å². The monoisotopic (exact) mass is 390 g/mol. The first kappa shape index (κ1) is 18.8. The third kappa shape index (κ3) is 3.88. The number of rotatable bonds is 5. The number of carbonyl (C=O) groups is 2. The fourth-order valence-electron chi connectivity index (χ4n) is 2.93. The number of nitrogens with two attached hydrogens (primary N) is 1. The van der Waals surface area contributed by atoms with Gasteiger partial charge in [-0.3, -0.25) is 14.6 Å². The predicted octanol–water partition coefficient (Wildman–Crippen LogP) is 4.18. The smallest absolute Gasteiger partial charge is 0.177 e. The zero-order valence-corrected chi connectivity index (χ0v) is 16.2. The van der Waals surface area contributed by atoms with Gasteiger partial charge in [0.05, 0.1) is 15.3 Å². The Labute approximate surface area is 159 Å². The average Bonchev–Trinajstić information content (AvgIpc) is 3.07. The molecule has 0 radical (unpaired) electrons. The van der Waals surface area contributed by atoms with Crippen LogP contribution in [0.25, 0.3) is 0 Å². The maximum absolute atomic E-state index is 14.4. The molecule has 2 N–H and O–H groups in total. The predicted molar refractivity (Wildman–Crippen MR) is 105 cm³/mol.